The van der Waals surface area contributed by atoms with Gasteiger partial charge in [0.1, 0.15) is 6.04 Å². The Hall–Kier alpha value is -1.26. The number of carbonyl (C=O) groups is 2. The van der Waals surface area contributed by atoms with Gasteiger partial charge in [-0.2, -0.15) is 0 Å². The van der Waals surface area contributed by atoms with Gasteiger partial charge >= 0.3 is 12.0 Å². The first-order valence-corrected chi connectivity index (χ1v) is 4.78. The van der Waals surface area contributed by atoms with Gasteiger partial charge in [-0.05, 0) is 26.2 Å². The molecule has 2 amide bonds. The van der Waals surface area contributed by atoms with Crippen molar-refractivity contribution in [1.82, 2.24) is 10.2 Å². The van der Waals surface area contributed by atoms with Crippen molar-refractivity contribution in [3.63, 3.8) is 0 Å². The van der Waals surface area contributed by atoms with Crippen LogP contribution < -0.4 is 5.32 Å². The molecular weight excluding hydrogens is 184 g/mol. The molecule has 5 heteroatoms. The number of urea groups is 1. The smallest absolute Gasteiger partial charge is 0.325 e. The molecule has 0 aromatic carbocycles. The second-order valence-corrected chi connectivity index (χ2v) is 3.71. The zero-order chi connectivity index (χ0) is 10.7. The monoisotopic (exact) mass is 200 g/mol. The molecule has 0 bridgehead atoms. The molecular formula is C9H16N2O3. The van der Waals surface area contributed by atoms with E-state index in [1.54, 1.807) is 11.9 Å². The summed E-state index contributed by atoms with van der Waals surface area (Å²) in [6.45, 7) is 1.45. The SMILES string of the molecule is CC(NC(=O)N(C)C1CCC1)C(=O)O. The Morgan fingerprint density at radius 3 is 2.43 bits per heavy atom. The molecule has 1 saturated carbocycles. The average molecular weight is 200 g/mol. The van der Waals surface area contributed by atoms with Gasteiger partial charge in [-0.25, -0.2) is 4.79 Å². The van der Waals surface area contributed by atoms with Gasteiger partial charge in [-0.3, -0.25) is 4.79 Å². The Morgan fingerprint density at radius 1 is 1.50 bits per heavy atom. The summed E-state index contributed by atoms with van der Waals surface area (Å²) in [5.74, 6) is -1.01. The van der Waals surface area contributed by atoms with Crippen molar-refractivity contribution >= 4 is 12.0 Å². The van der Waals surface area contributed by atoms with Crippen molar-refractivity contribution in [2.45, 2.75) is 38.3 Å². The summed E-state index contributed by atoms with van der Waals surface area (Å²) in [6, 6.07) is -0.842. The lowest BCUT2D eigenvalue weighted by molar-refractivity contribution is -0.138. The Morgan fingerprint density at radius 2 is 2.07 bits per heavy atom. The summed E-state index contributed by atoms with van der Waals surface area (Å²) in [5, 5.41) is 11.0. The number of rotatable bonds is 3. The molecule has 0 heterocycles. The molecule has 0 spiro atoms. The molecule has 80 valence electrons. The highest BCUT2D eigenvalue weighted by molar-refractivity contribution is 5.82. The van der Waals surface area contributed by atoms with Crippen molar-refractivity contribution in [2.24, 2.45) is 0 Å². The van der Waals surface area contributed by atoms with Crippen LogP contribution in [0.25, 0.3) is 0 Å². The van der Waals surface area contributed by atoms with Gasteiger partial charge in [0.2, 0.25) is 0 Å². The predicted octanol–water partition coefficient (Wildman–Crippen LogP) is 0.653. The third-order valence-corrected chi connectivity index (χ3v) is 2.65. The number of aliphatic carboxylic acids is 1. The number of amides is 2. The van der Waals surface area contributed by atoms with E-state index in [0.717, 1.165) is 19.3 Å². The van der Waals surface area contributed by atoms with Crippen LogP contribution in [0.3, 0.4) is 0 Å². The van der Waals surface area contributed by atoms with E-state index in [1.807, 2.05) is 0 Å². The van der Waals surface area contributed by atoms with E-state index in [9.17, 15) is 9.59 Å². The largest absolute Gasteiger partial charge is 0.480 e. The summed E-state index contributed by atoms with van der Waals surface area (Å²) < 4.78 is 0. The molecule has 1 aliphatic rings. The lowest BCUT2D eigenvalue weighted by atomic mass is 9.92. The van der Waals surface area contributed by atoms with Crippen molar-refractivity contribution in [2.75, 3.05) is 7.05 Å². The number of nitrogens with zero attached hydrogens (tertiary/aromatic N) is 1. The average Bonchev–Trinajstić information content (AvgIpc) is 2.00. The first-order valence-electron chi connectivity index (χ1n) is 4.78. The Balaban J connectivity index is 2.36. The van der Waals surface area contributed by atoms with Crippen LogP contribution in [-0.2, 0) is 4.79 Å². The van der Waals surface area contributed by atoms with Crippen LogP contribution in [0.4, 0.5) is 4.79 Å². The molecule has 2 N–H and O–H groups in total. The molecule has 1 atom stereocenters. The Labute approximate surface area is 83.1 Å². The maximum absolute atomic E-state index is 11.4. The van der Waals surface area contributed by atoms with E-state index in [4.69, 9.17) is 5.11 Å². The Kier molecular flexibility index (Phi) is 3.33. The lowest BCUT2D eigenvalue weighted by Gasteiger charge is -2.35. The summed E-state index contributed by atoms with van der Waals surface area (Å²) >= 11 is 0. The Bertz CT molecular complexity index is 238. The highest BCUT2D eigenvalue weighted by Gasteiger charge is 2.26. The second-order valence-electron chi connectivity index (χ2n) is 3.71. The van der Waals surface area contributed by atoms with Gasteiger partial charge in [-0.15, -0.1) is 0 Å². The molecule has 1 fully saturated rings. The van der Waals surface area contributed by atoms with Gasteiger partial charge in [-0.1, -0.05) is 0 Å². The van der Waals surface area contributed by atoms with E-state index in [0.29, 0.717) is 0 Å². The van der Waals surface area contributed by atoms with Crippen molar-refractivity contribution in [3.8, 4) is 0 Å². The van der Waals surface area contributed by atoms with Crippen molar-refractivity contribution < 1.29 is 14.7 Å². The van der Waals surface area contributed by atoms with Crippen LogP contribution >= 0.6 is 0 Å². The normalized spacial score (nSPS) is 18.1. The quantitative estimate of drug-likeness (QED) is 0.702. The molecule has 0 aromatic rings. The van der Waals surface area contributed by atoms with E-state index in [-0.39, 0.29) is 12.1 Å². The van der Waals surface area contributed by atoms with E-state index in [1.165, 1.54) is 6.92 Å². The first-order chi connectivity index (χ1) is 6.52. The zero-order valence-corrected chi connectivity index (χ0v) is 8.49. The number of carboxylic acid groups (broad SMARTS) is 1. The standard InChI is InChI=1S/C9H16N2O3/c1-6(8(12)13)10-9(14)11(2)7-4-3-5-7/h6-7H,3-5H2,1-2H3,(H,10,14)(H,12,13). The summed E-state index contributed by atoms with van der Waals surface area (Å²) in [6.07, 6.45) is 3.19. The number of hydrogen-bond donors (Lipinski definition) is 2. The van der Waals surface area contributed by atoms with Crippen LogP contribution in [0.5, 0.6) is 0 Å². The summed E-state index contributed by atoms with van der Waals surface area (Å²) in [5.41, 5.74) is 0. The molecule has 1 unspecified atom stereocenters. The van der Waals surface area contributed by atoms with Crippen LogP contribution in [0, 0.1) is 0 Å². The van der Waals surface area contributed by atoms with E-state index in [2.05, 4.69) is 5.32 Å². The van der Waals surface area contributed by atoms with Crippen LogP contribution in [0.2, 0.25) is 0 Å². The van der Waals surface area contributed by atoms with Crippen LogP contribution in [0.15, 0.2) is 0 Å². The molecule has 0 radical (unpaired) electrons. The predicted molar refractivity (Wildman–Crippen MR) is 51.0 cm³/mol. The molecule has 5 nitrogen and oxygen atoms in total. The summed E-state index contributed by atoms with van der Waals surface area (Å²) in [7, 11) is 1.70. The van der Waals surface area contributed by atoms with Gasteiger partial charge in [0.25, 0.3) is 0 Å². The maximum Gasteiger partial charge on any atom is 0.325 e. The first kappa shape index (κ1) is 10.8. The molecule has 0 aromatic heterocycles. The van der Waals surface area contributed by atoms with E-state index < -0.39 is 12.0 Å². The maximum atomic E-state index is 11.4. The summed E-state index contributed by atoms with van der Waals surface area (Å²) in [4.78, 5) is 23.5. The third-order valence-electron chi connectivity index (χ3n) is 2.65. The fourth-order valence-corrected chi connectivity index (χ4v) is 1.29. The minimum Gasteiger partial charge on any atom is -0.480 e. The van der Waals surface area contributed by atoms with Gasteiger partial charge in [0.15, 0.2) is 0 Å². The lowest BCUT2D eigenvalue weighted by Crippen LogP contribution is -2.50. The minimum atomic E-state index is -1.01. The van der Waals surface area contributed by atoms with Crippen LogP contribution in [-0.4, -0.2) is 41.1 Å². The van der Waals surface area contributed by atoms with Crippen LogP contribution in [0.1, 0.15) is 26.2 Å². The zero-order valence-electron chi connectivity index (χ0n) is 8.49. The molecule has 14 heavy (non-hydrogen) atoms. The van der Waals surface area contributed by atoms with Gasteiger partial charge in [0.05, 0.1) is 0 Å². The molecule has 0 saturated heterocycles. The topological polar surface area (TPSA) is 69.6 Å². The number of carboxylic acids is 1. The fourth-order valence-electron chi connectivity index (χ4n) is 1.29. The number of nitrogens with one attached hydrogen (secondary N) is 1. The number of hydrogen-bond acceptors (Lipinski definition) is 2. The molecule has 1 rings (SSSR count). The number of carbonyl (C=O) groups excluding carboxylic acids is 1. The second kappa shape index (κ2) is 4.30. The van der Waals surface area contributed by atoms with Crippen molar-refractivity contribution in [1.29, 1.82) is 0 Å². The highest BCUT2D eigenvalue weighted by Crippen LogP contribution is 2.23. The third kappa shape index (κ3) is 2.37. The molecule has 1 aliphatic carbocycles. The minimum absolute atomic E-state index is 0.288. The highest BCUT2D eigenvalue weighted by atomic mass is 16.4. The van der Waals surface area contributed by atoms with Gasteiger partial charge < -0.3 is 15.3 Å². The van der Waals surface area contributed by atoms with Gasteiger partial charge in [0, 0.05) is 13.1 Å². The van der Waals surface area contributed by atoms with E-state index >= 15 is 0 Å². The van der Waals surface area contributed by atoms with Crippen molar-refractivity contribution in [3.05, 3.63) is 0 Å². The fraction of sp³-hybridized carbons (Fsp3) is 0.778. The molecule has 0 aliphatic heterocycles.